The molecule has 0 bridgehead atoms. The number of fused-ring (bicyclic) bond motifs is 1. The van der Waals surface area contributed by atoms with Crippen LogP contribution in [0.2, 0.25) is 0 Å². The molecular weight excluding hydrogens is 202 g/mol. The van der Waals surface area contributed by atoms with Crippen LogP contribution in [0, 0.1) is 12.8 Å². The van der Waals surface area contributed by atoms with Gasteiger partial charge in [-0.05, 0) is 19.3 Å². The van der Waals surface area contributed by atoms with Crippen molar-refractivity contribution < 1.29 is 4.74 Å². The smallest absolute Gasteiger partial charge is 0.236 e. The largest absolute Gasteiger partial charge is 0.474 e. The van der Waals surface area contributed by atoms with E-state index in [1.54, 1.807) is 0 Å². The maximum absolute atomic E-state index is 5.67. The van der Waals surface area contributed by atoms with Crippen molar-refractivity contribution in [2.24, 2.45) is 13.0 Å². The molecule has 4 nitrogen and oxygen atoms in total. The van der Waals surface area contributed by atoms with Gasteiger partial charge in [-0.2, -0.15) is 5.10 Å². The molecule has 0 radical (unpaired) electrons. The van der Waals surface area contributed by atoms with Gasteiger partial charge in [0.1, 0.15) is 12.3 Å². The zero-order valence-electron chi connectivity index (χ0n) is 10.7. The molecule has 0 N–H and O–H groups in total. The van der Waals surface area contributed by atoms with Crippen molar-refractivity contribution in [2.75, 3.05) is 24.6 Å². The fraction of sp³-hybridized carbons (Fsp3) is 0.750. The van der Waals surface area contributed by atoms with Crippen LogP contribution in [0.1, 0.15) is 26.0 Å². The van der Waals surface area contributed by atoms with E-state index in [1.165, 1.54) is 12.1 Å². The van der Waals surface area contributed by atoms with Crippen LogP contribution in [-0.4, -0.2) is 29.5 Å². The van der Waals surface area contributed by atoms with Crippen molar-refractivity contribution in [2.45, 2.75) is 27.2 Å². The van der Waals surface area contributed by atoms with Crippen molar-refractivity contribution in [3.63, 3.8) is 0 Å². The first-order chi connectivity index (χ1) is 7.59. The van der Waals surface area contributed by atoms with E-state index in [0.717, 1.165) is 37.2 Å². The van der Waals surface area contributed by atoms with Gasteiger partial charge < -0.3 is 9.64 Å². The molecule has 16 heavy (non-hydrogen) atoms. The highest BCUT2D eigenvalue weighted by atomic mass is 16.5. The highest BCUT2D eigenvalue weighted by molar-refractivity contribution is 5.60. The number of nitrogens with zero attached hydrogens (tertiary/aromatic N) is 3. The van der Waals surface area contributed by atoms with Crippen LogP contribution in [0.25, 0.3) is 0 Å². The average molecular weight is 223 g/mol. The molecule has 0 fully saturated rings. The SMILES string of the molecule is Cc1nn(C)c2c1N(CCC(C)C)CCO2. The summed E-state index contributed by atoms with van der Waals surface area (Å²) >= 11 is 0. The molecule has 0 spiro atoms. The molecule has 1 aliphatic rings. The van der Waals surface area contributed by atoms with Crippen molar-refractivity contribution in [1.82, 2.24) is 9.78 Å². The molecule has 1 aliphatic heterocycles. The topological polar surface area (TPSA) is 30.3 Å². The molecule has 1 aromatic heterocycles. The number of anilines is 1. The van der Waals surface area contributed by atoms with E-state index in [9.17, 15) is 0 Å². The Balaban J connectivity index is 2.19. The molecule has 2 rings (SSSR count). The molecule has 0 aromatic carbocycles. The minimum atomic E-state index is 0.739. The molecular formula is C12H21N3O. The van der Waals surface area contributed by atoms with E-state index in [1.807, 2.05) is 11.7 Å². The van der Waals surface area contributed by atoms with Gasteiger partial charge >= 0.3 is 0 Å². The van der Waals surface area contributed by atoms with Gasteiger partial charge in [0.15, 0.2) is 0 Å². The Morgan fingerprint density at radius 2 is 2.19 bits per heavy atom. The van der Waals surface area contributed by atoms with E-state index in [2.05, 4.69) is 30.8 Å². The molecule has 4 heteroatoms. The lowest BCUT2D eigenvalue weighted by Crippen LogP contribution is -2.34. The van der Waals surface area contributed by atoms with Gasteiger partial charge in [0.25, 0.3) is 0 Å². The van der Waals surface area contributed by atoms with Crippen LogP contribution < -0.4 is 9.64 Å². The summed E-state index contributed by atoms with van der Waals surface area (Å²) in [6.07, 6.45) is 1.22. The average Bonchev–Trinajstić information content (AvgIpc) is 2.52. The van der Waals surface area contributed by atoms with Crippen molar-refractivity contribution in [1.29, 1.82) is 0 Å². The third-order valence-electron chi connectivity index (χ3n) is 3.03. The summed E-state index contributed by atoms with van der Waals surface area (Å²) in [5.41, 5.74) is 2.26. The molecule has 0 atom stereocenters. The molecule has 0 aliphatic carbocycles. The Morgan fingerprint density at radius 3 is 2.88 bits per heavy atom. The van der Waals surface area contributed by atoms with Crippen LogP contribution in [0.5, 0.6) is 5.88 Å². The molecule has 0 amide bonds. The molecule has 0 saturated carbocycles. The van der Waals surface area contributed by atoms with Gasteiger partial charge in [-0.25, -0.2) is 4.68 Å². The van der Waals surface area contributed by atoms with Crippen LogP contribution >= 0.6 is 0 Å². The molecule has 90 valence electrons. The Kier molecular flexibility index (Phi) is 3.08. The zero-order valence-corrected chi connectivity index (χ0v) is 10.7. The fourth-order valence-corrected chi connectivity index (χ4v) is 2.15. The number of hydrogen-bond acceptors (Lipinski definition) is 3. The first-order valence-corrected chi connectivity index (χ1v) is 6.01. The maximum Gasteiger partial charge on any atom is 0.236 e. The lowest BCUT2D eigenvalue weighted by molar-refractivity contribution is 0.280. The van der Waals surface area contributed by atoms with Crippen LogP contribution in [0.4, 0.5) is 5.69 Å². The highest BCUT2D eigenvalue weighted by Gasteiger charge is 2.24. The van der Waals surface area contributed by atoms with Crippen molar-refractivity contribution >= 4 is 5.69 Å². The number of rotatable bonds is 3. The first kappa shape index (κ1) is 11.3. The summed E-state index contributed by atoms with van der Waals surface area (Å²) in [4.78, 5) is 2.40. The normalized spacial score (nSPS) is 15.2. The molecule has 0 saturated heterocycles. The Bertz CT molecular complexity index is 371. The Labute approximate surface area is 97.2 Å². The second kappa shape index (κ2) is 4.36. The number of hydrogen-bond donors (Lipinski definition) is 0. The zero-order chi connectivity index (χ0) is 11.7. The van der Waals surface area contributed by atoms with E-state index in [0.29, 0.717) is 0 Å². The van der Waals surface area contributed by atoms with Gasteiger partial charge in [0, 0.05) is 13.6 Å². The standard InChI is InChI=1S/C12H21N3O/c1-9(2)5-6-15-7-8-16-12-11(15)10(3)13-14(12)4/h9H,5-8H2,1-4H3. The van der Waals surface area contributed by atoms with Gasteiger partial charge in [0.2, 0.25) is 5.88 Å². The van der Waals surface area contributed by atoms with E-state index in [4.69, 9.17) is 4.74 Å². The summed E-state index contributed by atoms with van der Waals surface area (Å²) in [6, 6.07) is 0. The summed E-state index contributed by atoms with van der Waals surface area (Å²) in [5, 5.41) is 4.42. The first-order valence-electron chi connectivity index (χ1n) is 6.01. The van der Waals surface area contributed by atoms with Crippen LogP contribution in [0.3, 0.4) is 0 Å². The van der Waals surface area contributed by atoms with Gasteiger partial charge in [-0.1, -0.05) is 13.8 Å². The van der Waals surface area contributed by atoms with E-state index >= 15 is 0 Å². The number of aryl methyl sites for hydroxylation is 2. The lowest BCUT2D eigenvalue weighted by atomic mass is 10.1. The quantitative estimate of drug-likeness (QED) is 0.785. The van der Waals surface area contributed by atoms with Crippen LogP contribution in [0.15, 0.2) is 0 Å². The summed E-state index contributed by atoms with van der Waals surface area (Å²) < 4.78 is 7.51. The Hall–Kier alpha value is -1.19. The molecule has 1 aromatic rings. The van der Waals surface area contributed by atoms with E-state index < -0.39 is 0 Å². The second-order valence-electron chi connectivity index (χ2n) is 4.88. The number of aromatic nitrogens is 2. The minimum absolute atomic E-state index is 0.739. The third kappa shape index (κ3) is 2.01. The molecule has 2 heterocycles. The monoisotopic (exact) mass is 223 g/mol. The Morgan fingerprint density at radius 1 is 1.44 bits per heavy atom. The third-order valence-corrected chi connectivity index (χ3v) is 3.03. The minimum Gasteiger partial charge on any atom is -0.474 e. The highest BCUT2D eigenvalue weighted by Crippen LogP contribution is 2.34. The fourth-order valence-electron chi connectivity index (χ4n) is 2.15. The summed E-state index contributed by atoms with van der Waals surface area (Å²) in [5.74, 6) is 1.66. The van der Waals surface area contributed by atoms with Crippen molar-refractivity contribution in [3.8, 4) is 5.88 Å². The summed E-state index contributed by atoms with van der Waals surface area (Å²) in [6.45, 7) is 9.42. The second-order valence-corrected chi connectivity index (χ2v) is 4.88. The van der Waals surface area contributed by atoms with Gasteiger partial charge in [-0.15, -0.1) is 0 Å². The predicted octanol–water partition coefficient (Wildman–Crippen LogP) is 1.97. The van der Waals surface area contributed by atoms with Gasteiger partial charge in [-0.3, -0.25) is 0 Å². The van der Waals surface area contributed by atoms with Crippen LogP contribution in [-0.2, 0) is 7.05 Å². The summed E-state index contributed by atoms with van der Waals surface area (Å²) in [7, 11) is 1.94. The van der Waals surface area contributed by atoms with E-state index in [-0.39, 0.29) is 0 Å². The number of ether oxygens (including phenoxy) is 1. The maximum atomic E-state index is 5.67. The van der Waals surface area contributed by atoms with Gasteiger partial charge in [0.05, 0.1) is 12.2 Å². The molecule has 0 unspecified atom stereocenters. The predicted molar refractivity (Wildman–Crippen MR) is 65.1 cm³/mol. The van der Waals surface area contributed by atoms with Crippen molar-refractivity contribution in [3.05, 3.63) is 5.69 Å². The lowest BCUT2D eigenvalue weighted by Gasteiger charge is -2.30.